The molecule has 0 radical (unpaired) electrons. The van der Waals surface area contributed by atoms with E-state index in [2.05, 4.69) is 78.7 Å². The Bertz CT molecular complexity index is 2200. The zero-order valence-corrected chi connectivity index (χ0v) is 33.1. The summed E-state index contributed by atoms with van der Waals surface area (Å²) < 4.78 is 0. The predicted molar refractivity (Wildman–Crippen MR) is 224 cm³/mol. The molecule has 4 fully saturated rings. The number of amides is 3. The molecule has 0 spiro atoms. The van der Waals surface area contributed by atoms with E-state index in [1.54, 1.807) is 10.5 Å². The number of H-pyrrole nitrogens is 1. The van der Waals surface area contributed by atoms with Crippen molar-refractivity contribution < 1.29 is 14.4 Å². The maximum absolute atomic E-state index is 13.2. The number of aromatic nitrogens is 2. The molecule has 1 aromatic heterocycles. The second-order valence-corrected chi connectivity index (χ2v) is 17.5. The molecule has 10 nitrogen and oxygen atoms in total. The fourth-order valence-corrected chi connectivity index (χ4v) is 11.1. The lowest BCUT2D eigenvalue weighted by molar-refractivity contribution is -0.136. The summed E-state index contributed by atoms with van der Waals surface area (Å²) in [5, 5.41) is 11.3. The van der Waals surface area contributed by atoms with Gasteiger partial charge in [0.25, 0.3) is 5.91 Å². The van der Waals surface area contributed by atoms with Gasteiger partial charge < -0.3 is 14.7 Å². The summed E-state index contributed by atoms with van der Waals surface area (Å²) in [6, 6.07) is 19.8. The van der Waals surface area contributed by atoms with Gasteiger partial charge in [-0.25, -0.2) is 0 Å². The number of hydrogen-bond donors (Lipinski definition) is 2. The largest absolute Gasteiger partial charge is 0.372 e. The molecule has 1 atom stereocenters. The molecule has 10 rings (SSSR count). The Labute approximate surface area is 335 Å². The van der Waals surface area contributed by atoms with Crippen molar-refractivity contribution in [2.75, 3.05) is 55.6 Å². The van der Waals surface area contributed by atoms with Crippen LogP contribution < -0.4 is 15.1 Å². The number of carbonyl (C=O) groups excluding carboxylic acids is 3. The Morgan fingerprint density at radius 1 is 0.702 bits per heavy atom. The van der Waals surface area contributed by atoms with Crippen LogP contribution in [0.3, 0.4) is 0 Å². The van der Waals surface area contributed by atoms with Gasteiger partial charge in [-0.1, -0.05) is 43.0 Å². The molecule has 10 heteroatoms. The predicted octanol–water partition coefficient (Wildman–Crippen LogP) is 7.08. The number of piperazine rings is 1. The first-order chi connectivity index (χ1) is 28.0. The van der Waals surface area contributed by atoms with E-state index in [0.717, 1.165) is 69.0 Å². The monoisotopic (exact) mass is 765 g/mol. The molecule has 57 heavy (non-hydrogen) atoms. The summed E-state index contributed by atoms with van der Waals surface area (Å²) in [6.07, 6.45) is 15.4. The number of imide groups is 1. The number of rotatable bonds is 7. The Hall–Kier alpha value is -4.96. The van der Waals surface area contributed by atoms with E-state index in [0.29, 0.717) is 30.4 Å². The highest BCUT2D eigenvalue weighted by Gasteiger charge is 2.39. The number of anilines is 2. The Balaban J connectivity index is 0.753. The number of aryl methyl sites for hydroxylation is 1. The molecule has 5 heterocycles. The van der Waals surface area contributed by atoms with Crippen LogP contribution in [-0.2, 0) is 22.6 Å². The van der Waals surface area contributed by atoms with Gasteiger partial charge in [0.1, 0.15) is 6.04 Å². The summed E-state index contributed by atoms with van der Waals surface area (Å²) in [7, 11) is 0. The van der Waals surface area contributed by atoms with Crippen LogP contribution in [0.15, 0.2) is 66.4 Å². The van der Waals surface area contributed by atoms with E-state index in [4.69, 9.17) is 0 Å². The number of hydrogen-bond acceptors (Lipinski definition) is 7. The Morgan fingerprint density at radius 3 is 2.25 bits per heavy atom. The van der Waals surface area contributed by atoms with Crippen molar-refractivity contribution in [2.24, 2.45) is 11.8 Å². The smallest absolute Gasteiger partial charge is 0.255 e. The highest BCUT2D eigenvalue weighted by molar-refractivity contribution is 6.05. The third-order valence-electron chi connectivity index (χ3n) is 14.2. The van der Waals surface area contributed by atoms with Crippen LogP contribution in [0.5, 0.6) is 0 Å². The first-order valence-electron chi connectivity index (χ1n) is 21.8. The third-order valence-corrected chi connectivity index (χ3v) is 14.2. The third kappa shape index (κ3) is 7.04. The van der Waals surface area contributed by atoms with Crippen LogP contribution in [0.4, 0.5) is 11.4 Å². The molecule has 0 bridgehead atoms. The van der Waals surface area contributed by atoms with Gasteiger partial charge in [0.2, 0.25) is 11.8 Å². The number of piperidine rings is 2. The van der Waals surface area contributed by atoms with Crippen LogP contribution in [0.2, 0.25) is 0 Å². The molecule has 4 aromatic rings. The van der Waals surface area contributed by atoms with Gasteiger partial charge >= 0.3 is 0 Å². The molecule has 3 aromatic carbocycles. The van der Waals surface area contributed by atoms with Crippen LogP contribution in [0.25, 0.3) is 16.5 Å². The average Bonchev–Trinajstić information content (AvgIpc) is 3.80. The Kier molecular flexibility index (Phi) is 9.84. The highest BCUT2D eigenvalue weighted by Crippen LogP contribution is 2.44. The quantitative estimate of drug-likeness (QED) is 0.194. The second kappa shape index (κ2) is 15.4. The standard InChI is InChI=1S/C47H55N7O3/c55-44-18-17-43(46(56)49-44)54-30-34-27-36(13-14-38(34)47(54)57)53-25-23-51(24-26-53)29-31-19-21-52(22-20-31)35-11-9-33(10-12-35)45-37(32-5-2-1-3-6-32)7-4-8-39-40(45)15-16-42-41(39)28-48-50-42/h9-16,27-28,31-32,43H,1-8,17-26,29-30H2,(H,48,50)(H,49,55,56)/t43-/m0/s1. The maximum Gasteiger partial charge on any atom is 0.255 e. The van der Waals surface area contributed by atoms with Gasteiger partial charge in [-0.15, -0.1) is 0 Å². The van der Waals surface area contributed by atoms with E-state index in [1.165, 1.54) is 91.1 Å². The lowest BCUT2D eigenvalue weighted by atomic mass is 9.78. The summed E-state index contributed by atoms with van der Waals surface area (Å²) in [5.74, 6) is 0.674. The van der Waals surface area contributed by atoms with Crippen LogP contribution >= 0.6 is 0 Å². The number of fused-ring (bicyclic) bond motifs is 4. The normalized spacial score (nSPS) is 22.9. The molecule has 3 amide bonds. The average molecular weight is 766 g/mol. The van der Waals surface area contributed by atoms with Crippen molar-refractivity contribution in [2.45, 2.75) is 89.6 Å². The highest BCUT2D eigenvalue weighted by atomic mass is 16.2. The minimum absolute atomic E-state index is 0.113. The van der Waals surface area contributed by atoms with Crippen LogP contribution in [-0.4, -0.2) is 89.6 Å². The van der Waals surface area contributed by atoms with Crippen molar-refractivity contribution in [3.8, 4) is 0 Å². The minimum atomic E-state index is -0.580. The first kappa shape index (κ1) is 36.4. The van der Waals surface area contributed by atoms with E-state index < -0.39 is 6.04 Å². The van der Waals surface area contributed by atoms with Gasteiger partial charge in [-0.2, -0.15) is 5.10 Å². The number of carbonyl (C=O) groups is 3. The number of nitrogens with one attached hydrogen (secondary N) is 2. The van der Waals surface area contributed by atoms with Crippen molar-refractivity contribution >= 4 is 45.6 Å². The lowest BCUT2D eigenvalue weighted by Crippen LogP contribution is -2.52. The molecule has 1 saturated carbocycles. The van der Waals surface area contributed by atoms with E-state index in [1.807, 2.05) is 12.3 Å². The number of nitrogens with zero attached hydrogens (tertiary/aromatic N) is 5. The molecule has 2 N–H and O–H groups in total. The Morgan fingerprint density at radius 2 is 1.46 bits per heavy atom. The SMILES string of the molecule is O=C1CC[C@H](N2Cc3cc(N4CCN(CC5CCN(c6ccc(C7=C(C8CCCCC8)CCCc8c7ccc7[nH]ncc87)cc6)CC5)CC4)ccc3C2=O)C(=O)N1. The van der Waals surface area contributed by atoms with Gasteiger partial charge in [0.05, 0.1) is 11.7 Å². The van der Waals surface area contributed by atoms with E-state index >= 15 is 0 Å². The van der Waals surface area contributed by atoms with Gasteiger partial charge in [-0.3, -0.25) is 29.7 Å². The number of benzene rings is 3. The molecule has 4 aliphatic heterocycles. The molecule has 296 valence electrons. The van der Waals surface area contributed by atoms with Crippen molar-refractivity contribution in [1.29, 1.82) is 0 Å². The minimum Gasteiger partial charge on any atom is -0.372 e. The lowest BCUT2D eigenvalue weighted by Gasteiger charge is -2.40. The molecule has 6 aliphatic rings. The molecule has 3 saturated heterocycles. The van der Waals surface area contributed by atoms with Crippen LogP contribution in [0, 0.1) is 11.8 Å². The van der Waals surface area contributed by atoms with Gasteiger partial charge in [0, 0.05) is 81.1 Å². The maximum atomic E-state index is 13.2. The zero-order chi connectivity index (χ0) is 38.5. The van der Waals surface area contributed by atoms with Crippen molar-refractivity contribution in [3.63, 3.8) is 0 Å². The summed E-state index contributed by atoms with van der Waals surface area (Å²) in [5.41, 5.74) is 12.8. The fourth-order valence-electron chi connectivity index (χ4n) is 11.1. The topological polar surface area (TPSA) is 105 Å². The molecular weight excluding hydrogens is 711 g/mol. The van der Waals surface area contributed by atoms with Crippen molar-refractivity contribution in [1.82, 2.24) is 25.3 Å². The summed E-state index contributed by atoms with van der Waals surface area (Å²) in [4.78, 5) is 46.6. The van der Waals surface area contributed by atoms with Gasteiger partial charge in [0.15, 0.2) is 0 Å². The zero-order valence-electron chi connectivity index (χ0n) is 33.1. The molecular formula is C47H55N7O3. The van der Waals surface area contributed by atoms with E-state index in [9.17, 15) is 14.4 Å². The number of allylic oxidation sites excluding steroid dienone is 1. The van der Waals surface area contributed by atoms with E-state index in [-0.39, 0.29) is 24.1 Å². The fraction of sp³-hybridized carbons (Fsp3) is 0.489. The van der Waals surface area contributed by atoms with Gasteiger partial charge in [-0.05, 0) is 127 Å². The molecule has 2 aliphatic carbocycles. The van der Waals surface area contributed by atoms with Crippen LogP contribution in [0.1, 0.15) is 103 Å². The molecule has 0 unspecified atom stereocenters. The summed E-state index contributed by atoms with van der Waals surface area (Å²) in [6.45, 7) is 7.77. The first-order valence-corrected chi connectivity index (χ1v) is 21.8. The second-order valence-electron chi connectivity index (χ2n) is 17.5. The van der Waals surface area contributed by atoms with Crippen molar-refractivity contribution in [3.05, 3.63) is 94.2 Å². The number of aromatic amines is 1. The summed E-state index contributed by atoms with van der Waals surface area (Å²) >= 11 is 0.